The van der Waals surface area contributed by atoms with Crippen molar-refractivity contribution in [1.29, 1.82) is 0 Å². The van der Waals surface area contributed by atoms with Gasteiger partial charge in [-0.05, 0) is 19.1 Å². The van der Waals surface area contributed by atoms with Crippen molar-refractivity contribution in [2.45, 2.75) is 13.5 Å². The van der Waals surface area contributed by atoms with Crippen LogP contribution in [0.1, 0.15) is 12.5 Å². The summed E-state index contributed by atoms with van der Waals surface area (Å²) in [6.45, 7) is 2.62. The van der Waals surface area contributed by atoms with E-state index in [-0.39, 0.29) is 6.61 Å². The number of hydrogen-bond acceptors (Lipinski definition) is 5. The van der Waals surface area contributed by atoms with Crippen molar-refractivity contribution in [1.82, 2.24) is 9.78 Å². The van der Waals surface area contributed by atoms with Crippen molar-refractivity contribution in [3.63, 3.8) is 0 Å². The summed E-state index contributed by atoms with van der Waals surface area (Å²) in [5.41, 5.74) is 1.19. The van der Waals surface area contributed by atoms with E-state index in [2.05, 4.69) is 10.1 Å². The zero-order valence-electron chi connectivity index (χ0n) is 11.4. The van der Waals surface area contributed by atoms with Crippen molar-refractivity contribution in [3.8, 4) is 11.6 Å². The molecule has 0 spiro atoms. The van der Waals surface area contributed by atoms with Gasteiger partial charge in [0, 0.05) is 19.3 Å². The highest BCUT2D eigenvalue weighted by Gasteiger charge is 2.11. The van der Waals surface area contributed by atoms with Crippen molar-refractivity contribution in [3.05, 3.63) is 36.0 Å². The summed E-state index contributed by atoms with van der Waals surface area (Å²) in [6.07, 6.45) is 3.33. The third kappa shape index (κ3) is 3.24. The van der Waals surface area contributed by atoms with E-state index in [0.717, 1.165) is 0 Å². The van der Waals surface area contributed by atoms with Crippen LogP contribution in [0, 0.1) is 0 Å². The summed E-state index contributed by atoms with van der Waals surface area (Å²) < 4.78 is 12.8. The van der Waals surface area contributed by atoms with Crippen molar-refractivity contribution < 1.29 is 14.3 Å². The quantitative estimate of drug-likeness (QED) is 0.598. The highest BCUT2D eigenvalue weighted by Crippen LogP contribution is 2.29. The molecule has 0 saturated carbocycles. The Morgan fingerprint density at radius 2 is 2.20 bits per heavy atom. The maximum atomic E-state index is 10.5. The molecule has 2 aromatic rings. The van der Waals surface area contributed by atoms with Crippen LogP contribution < -0.4 is 9.47 Å². The highest BCUT2D eigenvalue weighted by atomic mass is 16.5. The van der Waals surface area contributed by atoms with Gasteiger partial charge in [-0.15, -0.1) is 5.10 Å². The number of nitrogens with zero attached hydrogens (tertiary/aromatic N) is 3. The first-order valence-electron chi connectivity index (χ1n) is 6.19. The van der Waals surface area contributed by atoms with Crippen molar-refractivity contribution in [2.75, 3.05) is 6.61 Å². The molecule has 0 unspecified atom stereocenters. The summed E-state index contributed by atoms with van der Waals surface area (Å²) in [7, 11) is 1.81. The third-order valence-electron chi connectivity index (χ3n) is 2.63. The largest absolute Gasteiger partial charge is 0.493 e. The molecule has 104 valence electrons. The third-order valence-corrected chi connectivity index (χ3v) is 2.63. The van der Waals surface area contributed by atoms with E-state index >= 15 is 0 Å². The molecule has 20 heavy (non-hydrogen) atoms. The van der Waals surface area contributed by atoms with Gasteiger partial charge in [-0.3, -0.25) is 4.68 Å². The standard InChI is InChI=1S/C14H15N3O3/c1-3-19-13-6-4-5-12(15-10-18)11(13)9-20-14-7-8-17(2)16-14/h4-8H,3,9H2,1-2H3. The number of isocyanates is 1. The van der Waals surface area contributed by atoms with Crippen LogP contribution in [-0.4, -0.2) is 22.5 Å². The van der Waals surface area contributed by atoms with Crippen LogP contribution in [0.2, 0.25) is 0 Å². The number of aliphatic imine (C=N–C) groups is 1. The molecule has 0 N–H and O–H groups in total. The van der Waals surface area contributed by atoms with Gasteiger partial charge in [0.25, 0.3) is 0 Å². The predicted molar refractivity (Wildman–Crippen MR) is 72.9 cm³/mol. The van der Waals surface area contributed by atoms with Crippen LogP contribution in [0.5, 0.6) is 11.6 Å². The molecule has 0 aliphatic rings. The Balaban J connectivity index is 2.24. The van der Waals surface area contributed by atoms with Gasteiger partial charge in [0.2, 0.25) is 12.0 Å². The van der Waals surface area contributed by atoms with Gasteiger partial charge < -0.3 is 9.47 Å². The van der Waals surface area contributed by atoms with Crippen LogP contribution in [0.3, 0.4) is 0 Å². The fraction of sp³-hybridized carbons (Fsp3) is 0.286. The fourth-order valence-electron chi connectivity index (χ4n) is 1.76. The zero-order valence-corrected chi connectivity index (χ0v) is 11.4. The van der Waals surface area contributed by atoms with E-state index in [1.807, 2.05) is 20.0 Å². The second-order valence-electron chi connectivity index (χ2n) is 4.01. The first kappa shape index (κ1) is 13.8. The van der Waals surface area contributed by atoms with E-state index in [4.69, 9.17) is 9.47 Å². The van der Waals surface area contributed by atoms with E-state index in [9.17, 15) is 4.79 Å². The molecule has 0 amide bonds. The predicted octanol–water partition coefficient (Wildman–Crippen LogP) is 2.37. The van der Waals surface area contributed by atoms with Gasteiger partial charge in [0.15, 0.2) is 0 Å². The maximum Gasteiger partial charge on any atom is 0.240 e. The highest BCUT2D eigenvalue weighted by molar-refractivity contribution is 5.58. The molecule has 0 atom stereocenters. The van der Waals surface area contributed by atoms with E-state index in [1.165, 1.54) is 0 Å². The zero-order chi connectivity index (χ0) is 14.4. The summed E-state index contributed by atoms with van der Waals surface area (Å²) in [5, 5.41) is 4.12. The van der Waals surface area contributed by atoms with Crippen LogP contribution >= 0.6 is 0 Å². The normalized spacial score (nSPS) is 9.90. The van der Waals surface area contributed by atoms with Crippen molar-refractivity contribution in [2.24, 2.45) is 12.0 Å². The first-order valence-corrected chi connectivity index (χ1v) is 6.19. The number of aryl methyl sites for hydroxylation is 1. The molecule has 0 aliphatic carbocycles. The molecule has 2 rings (SSSR count). The maximum absolute atomic E-state index is 10.5. The topological polar surface area (TPSA) is 65.7 Å². The summed E-state index contributed by atoms with van der Waals surface area (Å²) >= 11 is 0. The molecule has 0 aliphatic heterocycles. The lowest BCUT2D eigenvalue weighted by molar-refractivity contribution is 0.276. The Labute approximate surface area is 116 Å². The molecule has 0 radical (unpaired) electrons. The summed E-state index contributed by atoms with van der Waals surface area (Å²) in [4.78, 5) is 14.2. The Bertz CT molecular complexity index is 630. The van der Waals surface area contributed by atoms with Crippen LogP contribution in [0.4, 0.5) is 5.69 Å². The second kappa shape index (κ2) is 6.54. The van der Waals surface area contributed by atoms with Gasteiger partial charge in [-0.25, -0.2) is 4.79 Å². The number of hydrogen-bond donors (Lipinski definition) is 0. The summed E-state index contributed by atoms with van der Waals surface area (Å²) in [6, 6.07) is 7.05. The average molecular weight is 273 g/mol. The summed E-state index contributed by atoms with van der Waals surface area (Å²) in [5.74, 6) is 1.14. The molecule has 1 heterocycles. The minimum atomic E-state index is 0.216. The molecular formula is C14H15N3O3. The molecule has 6 heteroatoms. The number of aromatic nitrogens is 2. The minimum absolute atomic E-state index is 0.216. The lowest BCUT2D eigenvalue weighted by atomic mass is 10.1. The average Bonchev–Trinajstić information content (AvgIpc) is 2.84. The monoisotopic (exact) mass is 273 g/mol. The molecule has 0 bridgehead atoms. The Hall–Kier alpha value is -2.59. The number of ether oxygens (including phenoxy) is 2. The smallest absolute Gasteiger partial charge is 0.240 e. The SMILES string of the molecule is CCOc1cccc(N=C=O)c1COc1ccn(C)n1. The molecule has 0 saturated heterocycles. The Morgan fingerprint density at radius 1 is 1.35 bits per heavy atom. The molecule has 0 fully saturated rings. The number of rotatable bonds is 6. The Kier molecular flexibility index (Phi) is 4.52. The van der Waals surface area contributed by atoms with Crippen LogP contribution in [0.25, 0.3) is 0 Å². The molecule has 1 aromatic carbocycles. The van der Waals surface area contributed by atoms with Gasteiger partial charge in [-0.1, -0.05) is 6.07 Å². The fourth-order valence-corrected chi connectivity index (χ4v) is 1.76. The van der Waals surface area contributed by atoms with Gasteiger partial charge in [0.05, 0.1) is 17.9 Å². The number of carbonyl (C=O) groups excluding carboxylic acids is 1. The lowest BCUT2D eigenvalue weighted by Gasteiger charge is -2.12. The van der Waals surface area contributed by atoms with Gasteiger partial charge >= 0.3 is 0 Å². The molecule has 6 nitrogen and oxygen atoms in total. The molecular weight excluding hydrogens is 258 g/mol. The minimum Gasteiger partial charge on any atom is -0.493 e. The van der Waals surface area contributed by atoms with E-state index < -0.39 is 0 Å². The molecule has 1 aromatic heterocycles. The second-order valence-corrected chi connectivity index (χ2v) is 4.01. The number of benzene rings is 1. The lowest BCUT2D eigenvalue weighted by Crippen LogP contribution is -2.02. The first-order chi connectivity index (χ1) is 9.74. The van der Waals surface area contributed by atoms with Gasteiger partial charge in [-0.2, -0.15) is 4.99 Å². The van der Waals surface area contributed by atoms with Crippen LogP contribution in [0.15, 0.2) is 35.5 Å². The van der Waals surface area contributed by atoms with E-state index in [0.29, 0.717) is 29.5 Å². The van der Waals surface area contributed by atoms with E-state index in [1.54, 1.807) is 35.2 Å². The van der Waals surface area contributed by atoms with Gasteiger partial charge in [0.1, 0.15) is 12.4 Å². The Morgan fingerprint density at radius 3 is 2.85 bits per heavy atom. The van der Waals surface area contributed by atoms with Crippen molar-refractivity contribution >= 4 is 11.8 Å². The van der Waals surface area contributed by atoms with Crippen LogP contribution in [-0.2, 0) is 18.4 Å².